The minimum Gasteiger partial charge on any atom is -0.478 e. The van der Waals surface area contributed by atoms with Crippen molar-refractivity contribution in [2.45, 2.75) is 13.3 Å². The molecule has 1 aromatic carbocycles. The predicted octanol–water partition coefficient (Wildman–Crippen LogP) is 1.31. The second kappa shape index (κ2) is 6.20. The van der Waals surface area contributed by atoms with Crippen molar-refractivity contribution in [2.24, 2.45) is 0 Å². The monoisotopic (exact) mass is 256 g/mol. The van der Waals surface area contributed by atoms with Gasteiger partial charge in [-0.05, 0) is 25.5 Å². The van der Waals surface area contributed by atoms with Crippen LogP contribution in [-0.4, -0.2) is 35.9 Å². The molecule has 4 N–H and O–H groups in total. The number of halogens is 1. The number of anilines is 2. The summed E-state index contributed by atoms with van der Waals surface area (Å²) in [5, 5.41) is 17.9. The van der Waals surface area contributed by atoms with E-state index in [0.717, 1.165) is 6.07 Å². The number of nitrogen functional groups attached to an aromatic ring is 1. The first kappa shape index (κ1) is 14.2. The van der Waals surface area contributed by atoms with Gasteiger partial charge in [0.15, 0.2) is 0 Å². The van der Waals surface area contributed by atoms with Crippen molar-refractivity contribution in [3.8, 4) is 0 Å². The molecule has 0 aliphatic heterocycles. The summed E-state index contributed by atoms with van der Waals surface area (Å²) in [4.78, 5) is 12.9. The van der Waals surface area contributed by atoms with Gasteiger partial charge in [0.05, 0.1) is 11.4 Å². The van der Waals surface area contributed by atoms with Gasteiger partial charge in [-0.3, -0.25) is 0 Å². The average molecular weight is 256 g/mol. The van der Waals surface area contributed by atoms with E-state index in [9.17, 15) is 9.18 Å². The maximum atomic E-state index is 13.3. The molecule has 0 atom stereocenters. The maximum absolute atomic E-state index is 13.3. The molecule has 0 fully saturated rings. The van der Waals surface area contributed by atoms with E-state index >= 15 is 0 Å². The Kier molecular flexibility index (Phi) is 4.91. The highest BCUT2D eigenvalue weighted by molar-refractivity contribution is 6.00. The van der Waals surface area contributed by atoms with Gasteiger partial charge in [-0.15, -0.1) is 0 Å². The SMILES string of the molecule is CCN(CCCO)c1ccc(F)c(N)c1C(=O)O. The number of aliphatic hydroxyl groups is 1. The Morgan fingerprint density at radius 2 is 2.17 bits per heavy atom. The number of aliphatic hydroxyl groups excluding tert-OH is 1. The van der Waals surface area contributed by atoms with Crippen molar-refractivity contribution in [3.05, 3.63) is 23.5 Å². The molecule has 0 saturated heterocycles. The molecule has 0 aliphatic carbocycles. The molecule has 5 nitrogen and oxygen atoms in total. The highest BCUT2D eigenvalue weighted by Crippen LogP contribution is 2.28. The predicted molar refractivity (Wildman–Crippen MR) is 67.4 cm³/mol. The number of nitrogens with two attached hydrogens (primary N) is 1. The zero-order valence-corrected chi connectivity index (χ0v) is 10.2. The summed E-state index contributed by atoms with van der Waals surface area (Å²) >= 11 is 0. The van der Waals surface area contributed by atoms with Gasteiger partial charge < -0.3 is 20.8 Å². The van der Waals surface area contributed by atoms with Crippen LogP contribution in [0.5, 0.6) is 0 Å². The van der Waals surface area contributed by atoms with Crippen LogP contribution < -0.4 is 10.6 Å². The van der Waals surface area contributed by atoms with E-state index in [1.54, 1.807) is 4.90 Å². The summed E-state index contributed by atoms with van der Waals surface area (Å²) in [6.07, 6.45) is 0.504. The largest absolute Gasteiger partial charge is 0.478 e. The van der Waals surface area contributed by atoms with Crippen LogP contribution >= 0.6 is 0 Å². The number of rotatable bonds is 6. The van der Waals surface area contributed by atoms with Crippen LogP contribution in [0.4, 0.5) is 15.8 Å². The number of nitrogens with zero attached hydrogens (tertiary/aromatic N) is 1. The number of hydrogen-bond acceptors (Lipinski definition) is 4. The molecule has 6 heteroatoms. The molecular formula is C12H17FN2O3. The third-order valence-electron chi connectivity index (χ3n) is 2.69. The van der Waals surface area contributed by atoms with Crippen LogP contribution in [0.2, 0.25) is 0 Å². The summed E-state index contributed by atoms with van der Waals surface area (Å²) in [6.45, 7) is 2.89. The van der Waals surface area contributed by atoms with E-state index in [-0.39, 0.29) is 17.9 Å². The Labute approximate surface area is 105 Å². The lowest BCUT2D eigenvalue weighted by Crippen LogP contribution is -2.27. The average Bonchev–Trinajstić information content (AvgIpc) is 2.34. The molecule has 18 heavy (non-hydrogen) atoms. The number of carbonyl (C=O) groups is 1. The molecule has 1 rings (SSSR count). The van der Waals surface area contributed by atoms with Gasteiger partial charge in [-0.25, -0.2) is 9.18 Å². The Morgan fingerprint density at radius 1 is 1.50 bits per heavy atom. The highest BCUT2D eigenvalue weighted by atomic mass is 19.1. The molecule has 1 aromatic rings. The first-order valence-corrected chi connectivity index (χ1v) is 5.70. The van der Waals surface area contributed by atoms with Crippen LogP contribution in [0.15, 0.2) is 12.1 Å². The maximum Gasteiger partial charge on any atom is 0.340 e. The quantitative estimate of drug-likeness (QED) is 0.668. The topological polar surface area (TPSA) is 86.8 Å². The van der Waals surface area contributed by atoms with E-state index in [2.05, 4.69) is 0 Å². The highest BCUT2D eigenvalue weighted by Gasteiger charge is 2.20. The van der Waals surface area contributed by atoms with Crippen LogP contribution in [0.1, 0.15) is 23.7 Å². The number of hydrogen-bond donors (Lipinski definition) is 3. The van der Waals surface area contributed by atoms with Gasteiger partial charge in [0, 0.05) is 19.7 Å². The van der Waals surface area contributed by atoms with Crippen LogP contribution in [-0.2, 0) is 0 Å². The van der Waals surface area contributed by atoms with Crippen molar-refractivity contribution < 1.29 is 19.4 Å². The van der Waals surface area contributed by atoms with Gasteiger partial charge in [0.2, 0.25) is 0 Å². The first-order chi connectivity index (χ1) is 8.52. The zero-order valence-electron chi connectivity index (χ0n) is 10.2. The molecule has 0 aromatic heterocycles. The Morgan fingerprint density at radius 3 is 2.67 bits per heavy atom. The molecule has 100 valence electrons. The van der Waals surface area contributed by atoms with Gasteiger partial charge in [-0.1, -0.05) is 0 Å². The van der Waals surface area contributed by atoms with Crippen molar-refractivity contribution in [3.63, 3.8) is 0 Å². The third-order valence-corrected chi connectivity index (χ3v) is 2.69. The van der Waals surface area contributed by atoms with Crippen molar-refractivity contribution in [1.82, 2.24) is 0 Å². The normalized spacial score (nSPS) is 10.4. The first-order valence-electron chi connectivity index (χ1n) is 5.70. The summed E-state index contributed by atoms with van der Waals surface area (Å²) in [7, 11) is 0. The lowest BCUT2D eigenvalue weighted by molar-refractivity contribution is 0.0698. The van der Waals surface area contributed by atoms with E-state index in [1.807, 2.05) is 6.92 Å². The minimum absolute atomic E-state index is 0.00951. The van der Waals surface area contributed by atoms with Crippen molar-refractivity contribution >= 4 is 17.3 Å². The summed E-state index contributed by atoms with van der Waals surface area (Å²) in [6, 6.07) is 2.55. The van der Waals surface area contributed by atoms with E-state index in [4.69, 9.17) is 15.9 Å². The summed E-state index contributed by atoms with van der Waals surface area (Å²) in [5.74, 6) is -2.00. The second-order valence-electron chi connectivity index (χ2n) is 3.82. The van der Waals surface area contributed by atoms with E-state index in [1.165, 1.54) is 6.07 Å². The third kappa shape index (κ3) is 2.89. The molecule has 0 amide bonds. The zero-order chi connectivity index (χ0) is 13.7. The van der Waals surface area contributed by atoms with Crippen molar-refractivity contribution in [2.75, 3.05) is 30.3 Å². The molecule has 0 spiro atoms. The number of aromatic carboxylic acids is 1. The van der Waals surface area contributed by atoms with Crippen LogP contribution in [0, 0.1) is 5.82 Å². The van der Waals surface area contributed by atoms with Crippen LogP contribution in [0.3, 0.4) is 0 Å². The molecule has 0 bridgehead atoms. The minimum atomic E-state index is -1.26. The smallest absolute Gasteiger partial charge is 0.340 e. The molecule has 0 heterocycles. The Balaban J connectivity index is 3.21. The summed E-state index contributed by atoms with van der Waals surface area (Å²) < 4.78 is 13.3. The second-order valence-corrected chi connectivity index (χ2v) is 3.82. The fourth-order valence-corrected chi connectivity index (χ4v) is 1.78. The molecule has 0 unspecified atom stereocenters. The van der Waals surface area contributed by atoms with Crippen molar-refractivity contribution in [1.29, 1.82) is 0 Å². The van der Waals surface area contributed by atoms with Gasteiger partial charge in [-0.2, -0.15) is 0 Å². The van der Waals surface area contributed by atoms with E-state index in [0.29, 0.717) is 25.2 Å². The number of benzene rings is 1. The lowest BCUT2D eigenvalue weighted by Gasteiger charge is -2.25. The fraction of sp³-hybridized carbons (Fsp3) is 0.417. The van der Waals surface area contributed by atoms with Gasteiger partial charge in [0.25, 0.3) is 0 Å². The molecular weight excluding hydrogens is 239 g/mol. The Hall–Kier alpha value is -1.82. The molecule has 0 aliphatic rings. The number of carboxylic acid groups (broad SMARTS) is 1. The number of carboxylic acids is 1. The molecule has 0 radical (unpaired) electrons. The van der Waals surface area contributed by atoms with Crippen LogP contribution in [0.25, 0.3) is 0 Å². The summed E-state index contributed by atoms with van der Waals surface area (Å²) in [5.41, 5.74) is 5.26. The molecule has 0 saturated carbocycles. The standard InChI is InChI=1S/C12H17FN2O3/c1-2-15(6-3-7-16)9-5-4-8(13)11(14)10(9)12(17)18/h4-5,16H,2-3,6-7,14H2,1H3,(H,17,18). The Bertz CT molecular complexity index is 438. The fourth-order valence-electron chi connectivity index (χ4n) is 1.78. The van der Waals surface area contributed by atoms with E-state index < -0.39 is 11.8 Å². The van der Waals surface area contributed by atoms with Gasteiger partial charge in [0.1, 0.15) is 11.4 Å². The van der Waals surface area contributed by atoms with Gasteiger partial charge >= 0.3 is 5.97 Å². The lowest BCUT2D eigenvalue weighted by atomic mass is 10.1.